The lowest BCUT2D eigenvalue weighted by atomic mass is 10.2. The minimum Gasteiger partial charge on any atom is -0.478 e. The average molecular weight is 255 g/mol. The minimum absolute atomic E-state index is 0.0745. The summed E-state index contributed by atoms with van der Waals surface area (Å²) in [6.45, 7) is -0.0745. The number of likely N-dealkylation sites (N-methyl/N-ethyl adjacent to an activating group) is 1. The fourth-order valence-electron chi connectivity index (χ4n) is 1.25. The standard InChI is InChI=1S/C12H11F2NO3/c1-15(11(16)4-5-12(17)18)7-8-2-3-9(13)6-10(8)14/h2-6H,7H2,1H3,(H,17,18)/b5-4+. The van der Waals surface area contributed by atoms with Crippen LogP contribution in [-0.2, 0) is 16.1 Å². The van der Waals surface area contributed by atoms with Gasteiger partial charge in [0, 0.05) is 37.4 Å². The van der Waals surface area contributed by atoms with Crippen molar-refractivity contribution in [1.82, 2.24) is 4.90 Å². The van der Waals surface area contributed by atoms with Crippen molar-refractivity contribution >= 4 is 11.9 Å². The normalized spacial score (nSPS) is 10.6. The molecule has 0 saturated carbocycles. The lowest BCUT2D eigenvalue weighted by molar-refractivity contribution is -0.132. The summed E-state index contributed by atoms with van der Waals surface area (Å²) in [6.07, 6.45) is 1.56. The highest BCUT2D eigenvalue weighted by molar-refractivity contribution is 5.93. The van der Waals surface area contributed by atoms with Crippen LogP contribution in [0.3, 0.4) is 0 Å². The molecule has 0 aromatic heterocycles. The molecule has 1 aromatic rings. The molecule has 0 fully saturated rings. The van der Waals surface area contributed by atoms with Crippen LogP contribution in [-0.4, -0.2) is 28.9 Å². The highest BCUT2D eigenvalue weighted by Crippen LogP contribution is 2.11. The predicted octanol–water partition coefficient (Wildman–Crippen LogP) is 1.56. The van der Waals surface area contributed by atoms with E-state index in [4.69, 9.17) is 5.11 Å². The predicted molar refractivity (Wildman–Crippen MR) is 59.6 cm³/mol. The van der Waals surface area contributed by atoms with Crippen LogP contribution in [0.4, 0.5) is 8.78 Å². The Morgan fingerprint density at radius 1 is 1.33 bits per heavy atom. The maximum absolute atomic E-state index is 13.3. The molecule has 0 radical (unpaired) electrons. The quantitative estimate of drug-likeness (QED) is 0.831. The van der Waals surface area contributed by atoms with Gasteiger partial charge in [-0.1, -0.05) is 6.07 Å². The molecule has 0 aliphatic rings. The van der Waals surface area contributed by atoms with Crippen molar-refractivity contribution in [3.05, 3.63) is 47.5 Å². The van der Waals surface area contributed by atoms with E-state index in [0.717, 1.165) is 23.1 Å². The molecule has 18 heavy (non-hydrogen) atoms. The van der Waals surface area contributed by atoms with Gasteiger partial charge in [-0.2, -0.15) is 0 Å². The van der Waals surface area contributed by atoms with Crippen LogP contribution < -0.4 is 0 Å². The first-order chi connectivity index (χ1) is 8.40. The molecule has 0 saturated heterocycles. The van der Waals surface area contributed by atoms with Gasteiger partial charge in [0.2, 0.25) is 5.91 Å². The summed E-state index contributed by atoms with van der Waals surface area (Å²) in [5.74, 6) is -3.28. The Labute approximate surface area is 102 Å². The molecular formula is C12H11F2NO3. The van der Waals surface area contributed by atoms with Crippen molar-refractivity contribution in [1.29, 1.82) is 0 Å². The number of aliphatic carboxylic acids is 1. The number of hydrogen-bond acceptors (Lipinski definition) is 2. The summed E-state index contributed by atoms with van der Waals surface area (Å²) in [7, 11) is 1.39. The number of carbonyl (C=O) groups excluding carboxylic acids is 1. The molecule has 0 unspecified atom stereocenters. The third-order valence-electron chi connectivity index (χ3n) is 2.17. The summed E-state index contributed by atoms with van der Waals surface area (Å²) in [6, 6.07) is 3.04. The molecule has 6 heteroatoms. The Bertz CT molecular complexity index is 500. The van der Waals surface area contributed by atoms with E-state index >= 15 is 0 Å². The van der Waals surface area contributed by atoms with E-state index < -0.39 is 23.5 Å². The number of carboxylic acids is 1. The van der Waals surface area contributed by atoms with Crippen LogP contribution in [0.25, 0.3) is 0 Å². The molecule has 1 N–H and O–H groups in total. The first-order valence-electron chi connectivity index (χ1n) is 5.00. The Balaban J connectivity index is 2.72. The fraction of sp³-hybridized carbons (Fsp3) is 0.167. The van der Waals surface area contributed by atoms with Gasteiger partial charge in [0.15, 0.2) is 0 Å². The van der Waals surface area contributed by atoms with Crippen molar-refractivity contribution in [2.75, 3.05) is 7.05 Å². The lowest BCUT2D eigenvalue weighted by Crippen LogP contribution is -2.24. The van der Waals surface area contributed by atoms with E-state index in [2.05, 4.69) is 0 Å². The highest BCUT2D eigenvalue weighted by atomic mass is 19.1. The number of carbonyl (C=O) groups is 2. The van der Waals surface area contributed by atoms with E-state index in [-0.39, 0.29) is 12.1 Å². The SMILES string of the molecule is CN(Cc1ccc(F)cc1F)C(=O)/C=C/C(=O)O. The van der Waals surface area contributed by atoms with E-state index in [1.807, 2.05) is 0 Å². The van der Waals surface area contributed by atoms with Crippen LogP contribution in [0, 0.1) is 11.6 Å². The maximum atomic E-state index is 13.3. The van der Waals surface area contributed by atoms with Crippen molar-refractivity contribution in [3.63, 3.8) is 0 Å². The number of rotatable bonds is 4. The molecule has 1 amide bonds. The summed E-state index contributed by atoms with van der Waals surface area (Å²) >= 11 is 0. The molecule has 96 valence electrons. The van der Waals surface area contributed by atoms with Crippen LogP contribution >= 0.6 is 0 Å². The van der Waals surface area contributed by atoms with Gasteiger partial charge in [-0.05, 0) is 6.07 Å². The number of hydrogen-bond donors (Lipinski definition) is 1. The second-order valence-corrected chi connectivity index (χ2v) is 3.60. The third-order valence-corrected chi connectivity index (χ3v) is 2.17. The van der Waals surface area contributed by atoms with Gasteiger partial charge in [0.25, 0.3) is 0 Å². The zero-order chi connectivity index (χ0) is 13.7. The monoisotopic (exact) mass is 255 g/mol. The molecule has 0 spiro atoms. The topological polar surface area (TPSA) is 57.6 Å². The van der Waals surface area contributed by atoms with Crippen molar-refractivity contribution in [2.45, 2.75) is 6.54 Å². The Hall–Kier alpha value is -2.24. The van der Waals surface area contributed by atoms with Crippen LogP contribution in [0.5, 0.6) is 0 Å². The van der Waals surface area contributed by atoms with Gasteiger partial charge in [0.1, 0.15) is 11.6 Å². The van der Waals surface area contributed by atoms with Crippen molar-refractivity contribution in [3.8, 4) is 0 Å². The van der Waals surface area contributed by atoms with Crippen LogP contribution in [0.15, 0.2) is 30.4 Å². The second-order valence-electron chi connectivity index (χ2n) is 3.60. The van der Waals surface area contributed by atoms with Gasteiger partial charge >= 0.3 is 5.97 Å². The number of amides is 1. The first kappa shape index (κ1) is 13.8. The zero-order valence-electron chi connectivity index (χ0n) is 9.56. The first-order valence-corrected chi connectivity index (χ1v) is 5.00. The molecule has 0 bridgehead atoms. The molecule has 0 aliphatic heterocycles. The number of nitrogens with zero attached hydrogens (tertiary/aromatic N) is 1. The molecule has 4 nitrogen and oxygen atoms in total. The highest BCUT2D eigenvalue weighted by Gasteiger charge is 2.10. The Morgan fingerprint density at radius 2 is 2.00 bits per heavy atom. The Kier molecular flexibility index (Phi) is 4.53. The van der Waals surface area contributed by atoms with Gasteiger partial charge < -0.3 is 10.0 Å². The van der Waals surface area contributed by atoms with Gasteiger partial charge in [-0.15, -0.1) is 0 Å². The second kappa shape index (κ2) is 5.90. The van der Waals surface area contributed by atoms with Gasteiger partial charge in [-0.3, -0.25) is 4.79 Å². The molecule has 1 rings (SSSR count). The fourth-order valence-corrected chi connectivity index (χ4v) is 1.25. The maximum Gasteiger partial charge on any atom is 0.328 e. The van der Waals surface area contributed by atoms with Crippen LogP contribution in [0.2, 0.25) is 0 Å². The lowest BCUT2D eigenvalue weighted by Gasteiger charge is -2.15. The average Bonchev–Trinajstić information content (AvgIpc) is 2.29. The number of carboxylic acid groups (broad SMARTS) is 1. The van der Waals surface area contributed by atoms with Crippen molar-refractivity contribution in [2.24, 2.45) is 0 Å². The van der Waals surface area contributed by atoms with Crippen LogP contribution in [0.1, 0.15) is 5.56 Å². The summed E-state index contributed by atoms with van der Waals surface area (Å²) in [4.78, 5) is 22.7. The summed E-state index contributed by atoms with van der Waals surface area (Å²) in [5, 5.41) is 8.35. The van der Waals surface area contributed by atoms with E-state index in [9.17, 15) is 18.4 Å². The third kappa shape index (κ3) is 3.97. The van der Waals surface area contributed by atoms with E-state index in [1.54, 1.807) is 0 Å². The summed E-state index contributed by atoms with van der Waals surface area (Å²) < 4.78 is 26.0. The molecular weight excluding hydrogens is 244 g/mol. The van der Waals surface area contributed by atoms with Crippen molar-refractivity contribution < 1.29 is 23.5 Å². The largest absolute Gasteiger partial charge is 0.478 e. The molecule has 0 aliphatic carbocycles. The molecule has 0 atom stereocenters. The molecule has 0 heterocycles. The molecule has 1 aromatic carbocycles. The smallest absolute Gasteiger partial charge is 0.328 e. The van der Waals surface area contributed by atoms with Gasteiger partial charge in [-0.25, -0.2) is 13.6 Å². The minimum atomic E-state index is -1.25. The number of benzene rings is 1. The van der Waals surface area contributed by atoms with Gasteiger partial charge in [0.05, 0.1) is 0 Å². The summed E-state index contributed by atoms with van der Waals surface area (Å²) in [5.41, 5.74) is 0.149. The zero-order valence-corrected chi connectivity index (χ0v) is 9.56. The number of halogens is 2. The van der Waals surface area contributed by atoms with E-state index in [0.29, 0.717) is 6.08 Å². The Morgan fingerprint density at radius 3 is 2.56 bits per heavy atom. The van der Waals surface area contributed by atoms with E-state index in [1.165, 1.54) is 13.1 Å².